The first kappa shape index (κ1) is 18.5. The summed E-state index contributed by atoms with van der Waals surface area (Å²) in [6.45, 7) is 8.33. The van der Waals surface area contributed by atoms with Gasteiger partial charge in [-0.2, -0.15) is 5.10 Å². The monoisotopic (exact) mass is 360 g/mol. The molecule has 3 rings (SSSR count). The number of para-hydroxylation sites is 1. The quantitative estimate of drug-likeness (QED) is 0.506. The Morgan fingerprint density at radius 3 is 2.44 bits per heavy atom. The predicted octanol–water partition coefficient (Wildman–Crippen LogP) is 4.87. The van der Waals surface area contributed by atoms with Crippen molar-refractivity contribution in [3.05, 3.63) is 82.7 Å². The maximum absolute atomic E-state index is 11.9. The van der Waals surface area contributed by atoms with Crippen LogP contribution in [0.1, 0.15) is 28.1 Å². The van der Waals surface area contributed by atoms with E-state index in [9.17, 15) is 4.79 Å². The molecule has 2 amide bonds. The number of hydrazone groups is 1. The third-order valence-electron chi connectivity index (χ3n) is 4.46. The summed E-state index contributed by atoms with van der Waals surface area (Å²) in [7, 11) is 0. The van der Waals surface area contributed by atoms with Gasteiger partial charge in [0.1, 0.15) is 0 Å². The van der Waals surface area contributed by atoms with Crippen molar-refractivity contribution in [1.82, 2.24) is 9.99 Å². The van der Waals surface area contributed by atoms with E-state index < -0.39 is 0 Å². The normalized spacial score (nSPS) is 11.0. The lowest BCUT2D eigenvalue weighted by Crippen LogP contribution is -2.24. The van der Waals surface area contributed by atoms with Crippen molar-refractivity contribution < 1.29 is 4.79 Å². The number of hydrogen-bond donors (Lipinski definition) is 2. The summed E-state index contributed by atoms with van der Waals surface area (Å²) in [5.41, 5.74) is 10.0. The van der Waals surface area contributed by atoms with Crippen LogP contribution in [0.5, 0.6) is 0 Å². The molecule has 138 valence electrons. The van der Waals surface area contributed by atoms with Gasteiger partial charge in [-0.05, 0) is 57.5 Å². The molecule has 1 heterocycles. The van der Waals surface area contributed by atoms with Gasteiger partial charge >= 0.3 is 6.03 Å². The van der Waals surface area contributed by atoms with Gasteiger partial charge in [0.15, 0.2) is 0 Å². The molecule has 5 heteroatoms. The maximum atomic E-state index is 11.9. The highest BCUT2D eigenvalue weighted by atomic mass is 16.2. The number of amides is 2. The number of benzene rings is 2. The molecule has 0 aliphatic carbocycles. The Labute approximate surface area is 159 Å². The molecule has 0 bridgehead atoms. The number of nitrogens with zero attached hydrogens (tertiary/aromatic N) is 2. The van der Waals surface area contributed by atoms with Gasteiger partial charge in [0.05, 0.1) is 6.21 Å². The molecule has 0 atom stereocenters. The Bertz CT molecular complexity index is 987. The topological polar surface area (TPSA) is 58.4 Å². The van der Waals surface area contributed by atoms with Crippen LogP contribution < -0.4 is 10.7 Å². The Hall–Kier alpha value is -3.34. The Morgan fingerprint density at radius 1 is 1.00 bits per heavy atom. The van der Waals surface area contributed by atoms with Crippen LogP contribution in [0, 0.1) is 27.7 Å². The van der Waals surface area contributed by atoms with Crippen molar-refractivity contribution in [2.45, 2.75) is 27.7 Å². The minimum absolute atomic E-state index is 0.374. The summed E-state index contributed by atoms with van der Waals surface area (Å²) in [4.78, 5) is 11.9. The second kappa shape index (κ2) is 7.91. The van der Waals surface area contributed by atoms with E-state index in [0.717, 1.165) is 28.3 Å². The molecule has 1 aromatic heterocycles. The average molecular weight is 360 g/mol. The van der Waals surface area contributed by atoms with Crippen LogP contribution in [-0.4, -0.2) is 16.8 Å². The first-order chi connectivity index (χ1) is 13.0. The van der Waals surface area contributed by atoms with Crippen LogP contribution in [0.25, 0.3) is 5.69 Å². The lowest BCUT2D eigenvalue weighted by Gasteiger charge is -2.13. The van der Waals surface area contributed by atoms with E-state index in [0.29, 0.717) is 0 Å². The van der Waals surface area contributed by atoms with Crippen LogP contribution in [0.2, 0.25) is 0 Å². The number of aromatic nitrogens is 1. The standard InChI is InChI=1S/C22H24N4O/c1-15-10-11-21(16(2)12-15)26-17(3)13-19(18(26)4)14-23-25-22(27)24-20-8-6-5-7-9-20/h5-14H,1-4H3,(H2,24,25,27)/b23-14-. The number of urea groups is 1. The summed E-state index contributed by atoms with van der Waals surface area (Å²) in [5, 5.41) is 6.81. The molecule has 5 nitrogen and oxygen atoms in total. The summed E-state index contributed by atoms with van der Waals surface area (Å²) in [6, 6.07) is 17.4. The van der Waals surface area contributed by atoms with E-state index in [1.54, 1.807) is 6.21 Å². The zero-order valence-electron chi connectivity index (χ0n) is 16.1. The Kier molecular flexibility index (Phi) is 5.41. The van der Waals surface area contributed by atoms with Crippen LogP contribution in [0.3, 0.4) is 0 Å². The highest BCUT2D eigenvalue weighted by Crippen LogP contribution is 2.23. The highest BCUT2D eigenvalue weighted by molar-refractivity contribution is 5.90. The van der Waals surface area contributed by atoms with Gasteiger partial charge in [-0.15, -0.1) is 0 Å². The number of nitrogens with one attached hydrogen (secondary N) is 2. The second-order valence-electron chi connectivity index (χ2n) is 6.64. The zero-order valence-corrected chi connectivity index (χ0v) is 16.1. The molecule has 2 aromatic carbocycles. The van der Waals surface area contributed by atoms with Crippen molar-refractivity contribution in [2.75, 3.05) is 5.32 Å². The number of carbonyl (C=O) groups is 1. The summed E-state index contributed by atoms with van der Waals surface area (Å²) < 4.78 is 2.21. The van der Waals surface area contributed by atoms with Crippen molar-refractivity contribution in [2.24, 2.45) is 5.10 Å². The summed E-state index contributed by atoms with van der Waals surface area (Å²) in [6.07, 6.45) is 1.67. The molecular weight excluding hydrogens is 336 g/mol. The van der Waals surface area contributed by atoms with Gasteiger partial charge in [-0.3, -0.25) is 0 Å². The summed E-state index contributed by atoms with van der Waals surface area (Å²) in [5.74, 6) is 0. The fourth-order valence-electron chi connectivity index (χ4n) is 3.19. The van der Waals surface area contributed by atoms with Gasteiger partial charge in [0, 0.05) is 28.3 Å². The molecular formula is C22H24N4O. The first-order valence-corrected chi connectivity index (χ1v) is 8.87. The molecule has 0 spiro atoms. The number of rotatable bonds is 4. The van der Waals surface area contributed by atoms with Crippen molar-refractivity contribution in [3.8, 4) is 5.69 Å². The molecule has 0 saturated heterocycles. The molecule has 27 heavy (non-hydrogen) atoms. The van der Waals surface area contributed by atoms with Gasteiger partial charge in [0.2, 0.25) is 0 Å². The molecule has 0 aliphatic rings. The predicted molar refractivity (Wildman–Crippen MR) is 111 cm³/mol. The lowest BCUT2D eigenvalue weighted by atomic mass is 10.1. The number of anilines is 1. The van der Waals surface area contributed by atoms with Crippen molar-refractivity contribution >= 4 is 17.9 Å². The lowest BCUT2D eigenvalue weighted by molar-refractivity contribution is 0.252. The minimum atomic E-state index is -0.374. The average Bonchev–Trinajstić information content (AvgIpc) is 2.90. The van der Waals surface area contributed by atoms with Crippen molar-refractivity contribution in [1.29, 1.82) is 0 Å². The SMILES string of the molecule is Cc1ccc(-n2c(C)cc(/C=N\NC(=O)Nc3ccccc3)c2C)c(C)c1. The molecule has 0 radical (unpaired) electrons. The molecule has 2 N–H and O–H groups in total. The third-order valence-corrected chi connectivity index (χ3v) is 4.46. The highest BCUT2D eigenvalue weighted by Gasteiger charge is 2.11. The minimum Gasteiger partial charge on any atom is -0.318 e. The van der Waals surface area contributed by atoms with Gasteiger partial charge < -0.3 is 9.88 Å². The molecule has 0 unspecified atom stereocenters. The van der Waals surface area contributed by atoms with E-state index in [2.05, 4.69) is 72.4 Å². The van der Waals surface area contributed by atoms with Gasteiger partial charge in [0.25, 0.3) is 0 Å². The number of aryl methyl sites for hydroxylation is 3. The van der Waals surface area contributed by atoms with Crippen molar-refractivity contribution in [3.63, 3.8) is 0 Å². The van der Waals surface area contributed by atoms with Crippen LogP contribution in [0.15, 0.2) is 59.7 Å². The van der Waals surface area contributed by atoms with E-state index in [1.807, 2.05) is 30.3 Å². The fraction of sp³-hybridized carbons (Fsp3) is 0.182. The van der Waals surface area contributed by atoms with E-state index >= 15 is 0 Å². The van der Waals surface area contributed by atoms with Crippen LogP contribution in [0.4, 0.5) is 10.5 Å². The number of carbonyl (C=O) groups excluding carboxylic acids is 1. The summed E-state index contributed by atoms with van der Waals surface area (Å²) >= 11 is 0. The second-order valence-corrected chi connectivity index (χ2v) is 6.64. The largest absolute Gasteiger partial charge is 0.339 e. The smallest absolute Gasteiger partial charge is 0.318 e. The van der Waals surface area contributed by atoms with E-state index in [4.69, 9.17) is 0 Å². The zero-order chi connectivity index (χ0) is 19.4. The van der Waals surface area contributed by atoms with Gasteiger partial charge in [-0.1, -0.05) is 35.9 Å². The molecule has 3 aromatic rings. The number of hydrogen-bond acceptors (Lipinski definition) is 2. The van der Waals surface area contributed by atoms with Crippen LogP contribution >= 0.6 is 0 Å². The Balaban J connectivity index is 1.74. The molecule has 0 saturated carbocycles. The fourth-order valence-corrected chi connectivity index (χ4v) is 3.19. The van der Waals surface area contributed by atoms with Crippen LogP contribution in [-0.2, 0) is 0 Å². The van der Waals surface area contributed by atoms with Gasteiger partial charge in [-0.25, -0.2) is 10.2 Å². The molecule has 0 fully saturated rings. The third kappa shape index (κ3) is 4.26. The van der Waals surface area contributed by atoms with E-state index in [-0.39, 0.29) is 6.03 Å². The Morgan fingerprint density at radius 2 is 1.74 bits per heavy atom. The molecule has 0 aliphatic heterocycles. The van der Waals surface area contributed by atoms with E-state index in [1.165, 1.54) is 11.1 Å². The first-order valence-electron chi connectivity index (χ1n) is 8.87. The maximum Gasteiger partial charge on any atom is 0.339 e.